The van der Waals surface area contributed by atoms with E-state index >= 15 is 0 Å². The molecule has 19 heavy (non-hydrogen) atoms. The maximum Gasteiger partial charge on any atom is 0.196 e. The molecular formula is C16H15ClO2. The molecule has 0 saturated carbocycles. The molecule has 1 atom stereocenters. The molecule has 3 heteroatoms. The zero-order chi connectivity index (χ0) is 13.5. The van der Waals surface area contributed by atoms with Crippen molar-refractivity contribution in [2.75, 3.05) is 12.5 Å². The molecule has 98 valence electrons. The molecule has 0 spiro atoms. The fraction of sp³-hybridized carbons (Fsp3) is 0.188. The lowest BCUT2D eigenvalue weighted by molar-refractivity contribution is 0.0459. The number of rotatable bonds is 6. The lowest BCUT2D eigenvalue weighted by Crippen LogP contribution is -2.17. The van der Waals surface area contributed by atoms with Gasteiger partial charge in [0, 0.05) is 11.4 Å². The molecule has 0 unspecified atom stereocenters. The summed E-state index contributed by atoms with van der Waals surface area (Å²) >= 11 is 5.65. The van der Waals surface area contributed by atoms with Crippen molar-refractivity contribution in [1.82, 2.24) is 0 Å². The Morgan fingerprint density at radius 2 is 1.58 bits per heavy atom. The molecule has 2 aromatic rings. The van der Waals surface area contributed by atoms with Crippen LogP contribution in [-0.4, -0.2) is 18.3 Å². The third kappa shape index (κ3) is 3.66. The molecule has 0 heterocycles. The highest BCUT2D eigenvalue weighted by Crippen LogP contribution is 2.22. The molecule has 0 saturated heterocycles. The van der Waals surface area contributed by atoms with Gasteiger partial charge in [0.15, 0.2) is 5.78 Å². The van der Waals surface area contributed by atoms with E-state index in [0.29, 0.717) is 18.1 Å². The van der Waals surface area contributed by atoms with E-state index in [0.717, 1.165) is 5.56 Å². The minimum Gasteiger partial charge on any atom is -0.364 e. The van der Waals surface area contributed by atoms with Gasteiger partial charge in [-0.15, -0.1) is 11.6 Å². The second kappa shape index (κ2) is 7.07. The van der Waals surface area contributed by atoms with Crippen molar-refractivity contribution in [2.45, 2.75) is 6.10 Å². The van der Waals surface area contributed by atoms with Crippen LogP contribution in [0, 0.1) is 0 Å². The van der Waals surface area contributed by atoms with E-state index in [1.54, 1.807) is 12.1 Å². The summed E-state index contributed by atoms with van der Waals surface area (Å²) in [7, 11) is 0. The Balaban J connectivity index is 2.25. The normalized spacial score (nSPS) is 12.1. The average molecular weight is 275 g/mol. The van der Waals surface area contributed by atoms with Crippen LogP contribution in [0.5, 0.6) is 0 Å². The van der Waals surface area contributed by atoms with Crippen molar-refractivity contribution in [3.63, 3.8) is 0 Å². The van der Waals surface area contributed by atoms with Gasteiger partial charge in [0.05, 0.1) is 6.61 Å². The number of Topliss-reactive ketones (excluding diaryl/α,β-unsaturated/α-hetero) is 1. The SMILES string of the molecule is O=C(c1ccccc1)[C@@H](OCCCl)c1ccccc1. The largest absolute Gasteiger partial charge is 0.364 e. The highest BCUT2D eigenvalue weighted by molar-refractivity contribution is 6.18. The third-order valence-electron chi connectivity index (χ3n) is 2.76. The number of ether oxygens (including phenoxy) is 1. The van der Waals surface area contributed by atoms with Gasteiger partial charge in [-0.3, -0.25) is 4.79 Å². The number of carbonyl (C=O) groups excluding carboxylic acids is 1. The summed E-state index contributed by atoms with van der Waals surface area (Å²) in [5.41, 5.74) is 1.49. The highest BCUT2D eigenvalue weighted by Gasteiger charge is 2.22. The van der Waals surface area contributed by atoms with E-state index in [2.05, 4.69) is 0 Å². The van der Waals surface area contributed by atoms with Gasteiger partial charge >= 0.3 is 0 Å². The van der Waals surface area contributed by atoms with Gasteiger partial charge < -0.3 is 4.74 Å². The molecule has 2 rings (SSSR count). The molecule has 0 amide bonds. The van der Waals surface area contributed by atoms with Crippen molar-refractivity contribution < 1.29 is 9.53 Å². The Morgan fingerprint density at radius 1 is 1.00 bits per heavy atom. The first-order valence-corrected chi connectivity index (χ1v) is 6.68. The van der Waals surface area contributed by atoms with E-state index in [1.165, 1.54) is 0 Å². The maximum atomic E-state index is 12.5. The van der Waals surface area contributed by atoms with Crippen molar-refractivity contribution in [1.29, 1.82) is 0 Å². The summed E-state index contributed by atoms with van der Waals surface area (Å²) in [6, 6.07) is 18.6. The zero-order valence-corrected chi connectivity index (χ0v) is 11.2. The quantitative estimate of drug-likeness (QED) is 0.590. The van der Waals surface area contributed by atoms with Gasteiger partial charge in [0.1, 0.15) is 6.10 Å². The topological polar surface area (TPSA) is 26.3 Å². The number of hydrogen-bond donors (Lipinski definition) is 0. The molecule has 0 bridgehead atoms. The van der Waals surface area contributed by atoms with Crippen molar-refractivity contribution in [3.05, 3.63) is 71.8 Å². The molecule has 2 nitrogen and oxygen atoms in total. The fourth-order valence-corrected chi connectivity index (χ4v) is 1.96. The molecule has 0 aliphatic heterocycles. The summed E-state index contributed by atoms with van der Waals surface area (Å²) in [6.45, 7) is 0.347. The molecule has 0 aliphatic rings. The van der Waals surface area contributed by atoms with Crippen LogP contribution in [0.1, 0.15) is 22.0 Å². The van der Waals surface area contributed by atoms with Gasteiger partial charge in [-0.1, -0.05) is 60.7 Å². The van der Waals surface area contributed by atoms with Crippen LogP contribution in [0.2, 0.25) is 0 Å². The lowest BCUT2D eigenvalue weighted by Gasteiger charge is -2.16. The van der Waals surface area contributed by atoms with E-state index in [1.807, 2.05) is 48.5 Å². The minimum absolute atomic E-state index is 0.0445. The van der Waals surface area contributed by atoms with Crippen molar-refractivity contribution in [3.8, 4) is 0 Å². The summed E-state index contributed by atoms with van der Waals surface area (Å²) < 4.78 is 5.61. The number of alkyl halides is 1. The van der Waals surface area contributed by atoms with Crippen LogP contribution in [0.25, 0.3) is 0 Å². The van der Waals surface area contributed by atoms with Crippen LogP contribution >= 0.6 is 11.6 Å². The van der Waals surface area contributed by atoms with Crippen LogP contribution in [0.15, 0.2) is 60.7 Å². The number of halogens is 1. The van der Waals surface area contributed by atoms with Gasteiger partial charge in [-0.2, -0.15) is 0 Å². The predicted octanol–water partition coefficient (Wildman–Crippen LogP) is 3.87. The first-order valence-electron chi connectivity index (χ1n) is 6.14. The van der Waals surface area contributed by atoms with Gasteiger partial charge in [0.2, 0.25) is 0 Å². The number of benzene rings is 2. The first kappa shape index (κ1) is 13.8. The van der Waals surface area contributed by atoms with Crippen LogP contribution in [0.4, 0.5) is 0 Å². The standard InChI is InChI=1S/C16H15ClO2/c17-11-12-19-16(14-9-5-2-6-10-14)15(18)13-7-3-1-4-8-13/h1-10,16H,11-12H2/t16-/m0/s1. The van der Waals surface area contributed by atoms with Crippen LogP contribution < -0.4 is 0 Å². The van der Waals surface area contributed by atoms with Crippen LogP contribution in [0.3, 0.4) is 0 Å². The van der Waals surface area contributed by atoms with Gasteiger partial charge in [-0.25, -0.2) is 0 Å². The summed E-state index contributed by atoms with van der Waals surface area (Å²) in [6.07, 6.45) is -0.595. The van der Waals surface area contributed by atoms with E-state index < -0.39 is 6.10 Å². The average Bonchev–Trinajstić information content (AvgIpc) is 2.49. The second-order valence-corrected chi connectivity index (χ2v) is 4.46. The summed E-state index contributed by atoms with van der Waals surface area (Å²) in [5.74, 6) is 0.322. The summed E-state index contributed by atoms with van der Waals surface area (Å²) in [4.78, 5) is 12.5. The third-order valence-corrected chi connectivity index (χ3v) is 2.91. The van der Waals surface area contributed by atoms with E-state index in [-0.39, 0.29) is 5.78 Å². The van der Waals surface area contributed by atoms with Crippen LogP contribution in [-0.2, 0) is 4.74 Å². The molecule has 0 aliphatic carbocycles. The number of carbonyl (C=O) groups is 1. The highest BCUT2D eigenvalue weighted by atomic mass is 35.5. The Morgan fingerprint density at radius 3 is 2.16 bits per heavy atom. The Hall–Kier alpha value is -1.64. The molecule has 0 aromatic heterocycles. The van der Waals surface area contributed by atoms with Crippen molar-refractivity contribution in [2.24, 2.45) is 0 Å². The van der Waals surface area contributed by atoms with Gasteiger partial charge in [0.25, 0.3) is 0 Å². The Labute approximate surface area is 118 Å². The second-order valence-electron chi connectivity index (χ2n) is 4.08. The molecule has 0 radical (unpaired) electrons. The number of hydrogen-bond acceptors (Lipinski definition) is 2. The Kier molecular flexibility index (Phi) is 5.13. The zero-order valence-electron chi connectivity index (χ0n) is 10.5. The van der Waals surface area contributed by atoms with Gasteiger partial charge in [-0.05, 0) is 5.56 Å². The predicted molar refractivity (Wildman–Crippen MR) is 76.6 cm³/mol. The molecular weight excluding hydrogens is 260 g/mol. The Bertz CT molecular complexity index is 511. The summed E-state index contributed by atoms with van der Waals surface area (Å²) in [5, 5.41) is 0. The molecule has 0 fully saturated rings. The van der Waals surface area contributed by atoms with Crippen molar-refractivity contribution >= 4 is 17.4 Å². The minimum atomic E-state index is -0.595. The molecule has 2 aromatic carbocycles. The number of ketones is 1. The first-order chi connectivity index (χ1) is 9.33. The molecule has 0 N–H and O–H groups in total. The monoisotopic (exact) mass is 274 g/mol. The van der Waals surface area contributed by atoms with E-state index in [9.17, 15) is 4.79 Å². The smallest absolute Gasteiger partial charge is 0.196 e. The maximum absolute atomic E-state index is 12.5. The lowest BCUT2D eigenvalue weighted by atomic mass is 10.00. The fourth-order valence-electron chi connectivity index (χ4n) is 1.87. The van der Waals surface area contributed by atoms with E-state index in [4.69, 9.17) is 16.3 Å².